The van der Waals surface area contributed by atoms with E-state index < -0.39 is 11.9 Å². The van der Waals surface area contributed by atoms with E-state index in [0.717, 1.165) is 49.7 Å². The van der Waals surface area contributed by atoms with Gasteiger partial charge in [0.15, 0.2) is 0 Å². The SMILES string of the molecule is CC1CC(c2c(C(=O)O)ccc(C(=O)O)c2[C@@H]2C[C@H](C)CC(C)(C)C2)CC(C)(C)C1. The molecule has 0 aromatic heterocycles. The third kappa shape index (κ3) is 4.73. The molecule has 4 atom stereocenters. The van der Waals surface area contributed by atoms with Crippen LogP contribution in [0.4, 0.5) is 0 Å². The first-order chi connectivity index (χ1) is 13.8. The molecule has 1 aromatic carbocycles. The smallest absolute Gasteiger partial charge is 0.335 e. The quantitative estimate of drug-likeness (QED) is 0.559. The maximum atomic E-state index is 12.3. The van der Waals surface area contributed by atoms with Gasteiger partial charge in [0, 0.05) is 0 Å². The van der Waals surface area contributed by atoms with Crippen LogP contribution in [0.25, 0.3) is 0 Å². The van der Waals surface area contributed by atoms with Gasteiger partial charge in [-0.25, -0.2) is 9.59 Å². The highest BCUT2D eigenvalue weighted by atomic mass is 16.4. The Kier molecular flexibility index (Phi) is 6.10. The minimum Gasteiger partial charge on any atom is -0.478 e. The lowest BCUT2D eigenvalue weighted by Crippen LogP contribution is -2.31. The molecule has 2 aliphatic rings. The number of rotatable bonds is 4. The van der Waals surface area contributed by atoms with Crippen LogP contribution < -0.4 is 0 Å². The zero-order valence-electron chi connectivity index (χ0n) is 19.4. The van der Waals surface area contributed by atoms with Gasteiger partial charge in [0.05, 0.1) is 11.1 Å². The summed E-state index contributed by atoms with van der Waals surface area (Å²) < 4.78 is 0. The standard InChI is InChI=1S/C26H38O4/c1-15-9-17(13-25(3,4)11-15)21-19(23(27)28)7-8-20(24(29)30)22(21)18-10-16(2)12-26(5,6)14-18/h7-8,15-18H,9-14H2,1-6H3,(H,27,28)(H,29,30)/t15-,16?,17+,18?/m0/s1. The van der Waals surface area contributed by atoms with Crippen LogP contribution in [0.1, 0.15) is 124 Å². The summed E-state index contributed by atoms with van der Waals surface area (Å²) in [4.78, 5) is 24.5. The average Bonchev–Trinajstić information content (AvgIpc) is 2.56. The molecular weight excluding hydrogens is 376 g/mol. The summed E-state index contributed by atoms with van der Waals surface area (Å²) in [5, 5.41) is 20.1. The van der Waals surface area contributed by atoms with E-state index in [4.69, 9.17) is 0 Å². The molecule has 3 rings (SSSR count). The zero-order valence-corrected chi connectivity index (χ0v) is 19.4. The second kappa shape index (κ2) is 8.01. The van der Waals surface area contributed by atoms with Crippen LogP contribution in [-0.2, 0) is 0 Å². The zero-order chi connectivity index (χ0) is 22.4. The summed E-state index contributed by atoms with van der Waals surface area (Å²) in [6.07, 6.45) is 5.89. The molecule has 0 saturated heterocycles. The summed E-state index contributed by atoms with van der Waals surface area (Å²) in [5.41, 5.74) is 2.48. The Morgan fingerprint density at radius 1 is 0.733 bits per heavy atom. The van der Waals surface area contributed by atoms with Crippen molar-refractivity contribution in [3.05, 3.63) is 34.4 Å². The first-order valence-corrected chi connectivity index (χ1v) is 11.4. The van der Waals surface area contributed by atoms with E-state index in [0.29, 0.717) is 23.0 Å². The number of aromatic carboxylic acids is 2. The fourth-order valence-corrected chi connectivity index (χ4v) is 7.02. The predicted molar refractivity (Wildman–Crippen MR) is 119 cm³/mol. The van der Waals surface area contributed by atoms with Crippen molar-refractivity contribution in [1.82, 2.24) is 0 Å². The number of hydrogen-bond donors (Lipinski definition) is 2. The van der Waals surface area contributed by atoms with Crippen molar-refractivity contribution in [3.63, 3.8) is 0 Å². The molecule has 4 heteroatoms. The first kappa shape index (κ1) is 22.8. The van der Waals surface area contributed by atoms with Crippen molar-refractivity contribution < 1.29 is 19.8 Å². The van der Waals surface area contributed by atoms with Crippen molar-refractivity contribution in [2.45, 2.75) is 91.9 Å². The Morgan fingerprint density at radius 3 is 1.33 bits per heavy atom. The van der Waals surface area contributed by atoms with Gasteiger partial charge in [0.2, 0.25) is 0 Å². The highest BCUT2D eigenvalue weighted by Gasteiger charge is 2.40. The van der Waals surface area contributed by atoms with Gasteiger partial charge in [-0.2, -0.15) is 0 Å². The minimum absolute atomic E-state index is 0.0875. The van der Waals surface area contributed by atoms with Crippen LogP contribution in [0.3, 0.4) is 0 Å². The van der Waals surface area contributed by atoms with Crippen molar-refractivity contribution >= 4 is 11.9 Å². The fraction of sp³-hybridized carbons (Fsp3) is 0.692. The molecule has 0 bridgehead atoms. The van der Waals surface area contributed by atoms with Gasteiger partial charge >= 0.3 is 11.9 Å². The molecule has 0 heterocycles. The first-order valence-electron chi connectivity index (χ1n) is 11.4. The molecule has 2 fully saturated rings. The van der Waals surface area contributed by atoms with Crippen molar-refractivity contribution in [2.75, 3.05) is 0 Å². The monoisotopic (exact) mass is 414 g/mol. The Labute approximate surface area is 181 Å². The van der Waals surface area contributed by atoms with Crippen molar-refractivity contribution in [1.29, 1.82) is 0 Å². The number of hydrogen-bond acceptors (Lipinski definition) is 2. The summed E-state index contributed by atoms with van der Waals surface area (Å²) in [6.45, 7) is 13.5. The number of carboxylic acid groups (broad SMARTS) is 2. The maximum Gasteiger partial charge on any atom is 0.335 e. The summed E-state index contributed by atoms with van der Waals surface area (Å²) in [6, 6.07) is 3.07. The van der Waals surface area contributed by atoms with Gasteiger partial charge in [-0.1, -0.05) is 41.5 Å². The number of benzene rings is 1. The van der Waals surface area contributed by atoms with E-state index in [1.54, 1.807) is 0 Å². The van der Waals surface area contributed by atoms with Crippen LogP contribution in [0, 0.1) is 22.7 Å². The summed E-state index contributed by atoms with van der Waals surface area (Å²) in [5.74, 6) is -0.731. The van der Waals surface area contributed by atoms with Crippen LogP contribution in [0.2, 0.25) is 0 Å². The normalized spacial score (nSPS) is 30.6. The molecule has 2 unspecified atom stereocenters. The second-order valence-electron chi connectivity index (χ2n) is 11.8. The van der Waals surface area contributed by atoms with Gasteiger partial charge in [-0.3, -0.25) is 0 Å². The Balaban J connectivity index is 2.24. The highest BCUT2D eigenvalue weighted by molar-refractivity contribution is 5.95. The fourth-order valence-electron chi connectivity index (χ4n) is 7.02. The van der Waals surface area contributed by atoms with Crippen molar-refractivity contribution in [3.8, 4) is 0 Å². The third-order valence-electron chi connectivity index (χ3n) is 7.34. The third-order valence-corrected chi connectivity index (χ3v) is 7.34. The lowest BCUT2D eigenvalue weighted by Gasteiger charge is -2.43. The molecular formula is C26H38O4. The Bertz CT molecular complexity index is 767. The molecule has 30 heavy (non-hydrogen) atoms. The molecule has 0 spiro atoms. The lowest BCUT2D eigenvalue weighted by molar-refractivity contribution is 0.0674. The van der Waals surface area contributed by atoms with Gasteiger partial charge in [-0.05, 0) is 96.3 Å². The largest absolute Gasteiger partial charge is 0.478 e. The van der Waals surface area contributed by atoms with Crippen LogP contribution >= 0.6 is 0 Å². The molecule has 2 aliphatic carbocycles. The van der Waals surface area contributed by atoms with Crippen molar-refractivity contribution in [2.24, 2.45) is 22.7 Å². The molecule has 166 valence electrons. The van der Waals surface area contributed by atoms with Gasteiger partial charge in [0.1, 0.15) is 0 Å². The second-order valence-corrected chi connectivity index (χ2v) is 11.8. The van der Waals surface area contributed by atoms with Gasteiger partial charge in [0.25, 0.3) is 0 Å². The molecule has 0 aliphatic heterocycles. The minimum atomic E-state index is -0.942. The van der Waals surface area contributed by atoms with Crippen LogP contribution in [-0.4, -0.2) is 22.2 Å². The lowest BCUT2D eigenvalue weighted by atomic mass is 9.61. The maximum absolute atomic E-state index is 12.3. The highest BCUT2D eigenvalue weighted by Crippen LogP contribution is 2.52. The topological polar surface area (TPSA) is 74.6 Å². The molecule has 0 amide bonds. The Hall–Kier alpha value is -1.84. The molecule has 0 radical (unpaired) electrons. The van der Waals surface area contributed by atoms with Crippen LogP contribution in [0.15, 0.2) is 12.1 Å². The number of carbonyl (C=O) groups is 2. The van der Waals surface area contributed by atoms with Crippen LogP contribution in [0.5, 0.6) is 0 Å². The molecule has 1 aromatic rings. The van der Waals surface area contributed by atoms with E-state index in [1.165, 1.54) is 12.1 Å². The predicted octanol–water partition coefficient (Wildman–Crippen LogP) is 6.94. The number of carboxylic acids is 2. The van der Waals surface area contributed by atoms with E-state index >= 15 is 0 Å². The average molecular weight is 415 g/mol. The van der Waals surface area contributed by atoms with Gasteiger partial charge < -0.3 is 10.2 Å². The molecule has 2 N–H and O–H groups in total. The molecule has 2 saturated carbocycles. The van der Waals surface area contributed by atoms with E-state index in [1.807, 2.05) is 0 Å². The summed E-state index contributed by atoms with van der Waals surface area (Å²) in [7, 11) is 0. The summed E-state index contributed by atoms with van der Waals surface area (Å²) >= 11 is 0. The van der Waals surface area contributed by atoms with Gasteiger partial charge in [-0.15, -0.1) is 0 Å². The van der Waals surface area contributed by atoms with E-state index in [-0.39, 0.29) is 22.7 Å². The van der Waals surface area contributed by atoms with E-state index in [2.05, 4.69) is 41.5 Å². The Morgan fingerprint density at radius 2 is 1.07 bits per heavy atom. The molecule has 4 nitrogen and oxygen atoms in total. The van der Waals surface area contributed by atoms with E-state index in [9.17, 15) is 19.8 Å².